The van der Waals surface area contributed by atoms with Gasteiger partial charge < -0.3 is 4.79 Å². The van der Waals surface area contributed by atoms with Gasteiger partial charge in [-0.3, -0.25) is 0 Å². The van der Waals surface area contributed by atoms with Crippen LogP contribution in [0.25, 0.3) is 0 Å². The fraction of sp³-hybridized carbons (Fsp3) is 0.769. The summed E-state index contributed by atoms with van der Waals surface area (Å²) in [6.07, 6.45) is 7.49. The van der Waals surface area contributed by atoms with Gasteiger partial charge in [0.1, 0.15) is 6.29 Å². The molecule has 0 aromatic heterocycles. The van der Waals surface area contributed by atoms with Crippen LogP contribution < -0.4 is 0 Å². The molecule has 0 heterocycles. The topological polar surface area (TPSA) is 17.1 Å². The van der Waals surface area contributed by atoms with E-state index in [0.717, 1.165) is 25.0 Å². The molecule has 82 valence electrons. The minimum absolute atomic E-state index is 0.472. The zero-order chi connectivity index (χ0) is 11.0. The first-order valence-corrected chi connectivity index (χ1v) is 5.72. The molecule has 0 saturated carbocycles. The maximum atomic E-state index is 10.4. The van der Waals surface area contributed by atoms with Crippen LogP contribution in [0, 0.1) is 11.8 Å². The minimum Gasteiger partial charge on any atom is -0.303 e. The van der Waals surface area contributed by atoms with E-state index in [1.54, 1.807) is 0 Å². The van der Waals surface area contributed by atoms with Crippen molar-refractivity contribution in [3.63, 3.8) is 0 Å². The van der Waals surface area contributed by atoms with Crippen LogP contribution in [0.4, 0.5) is 0 Å². The van der Waals surface area contributed by atoms with Gasteiger partial charge in [0.2, 0.25) is 0 Å². The van der Waals surface area contributed by atoms with Gasteiger partial charge in [0, 0.05) is 6.42 Å². The van der Waals surface area contributed by atoms with Crippen LogP contribution in [-0.2, 0) is 4.79 Å². The normalized spacial score (nSPS) is 14.5. The van der Waals surface area contributed by atoms with Crippen LogP contribution in [0.3, 0.4) is 0 Å². The molecule has 14 heavy (non-hydrogen) atoms. The van der Waals surface area contributed by atoms with Crippen LogP contribution in [0.15, 0.2) is 11.6 Å². The van der Waals surface area contributed by atoms with Gasteiger partial charge in [-0.15, -0.1) is 0 Å². The molecule has 0 amide bonds. The summed E-state index contributed by atoms with van der Waals surface area (Å²) in [5.41, 5.74) is 1.39. The van der Waals surface area contributed by atoms with E-state index >= 15 is 0 Å². The Morgan fingerprint density at radius 1 is 1.36 bits per heavy atom. The Hall–Kier alpha value is -0.590. The second-order valence-corrected chi connectivity index (χ2v) is 4.43. The first-order chi connectivity index (χ1) is 6.61. The lowest BCUT2D eigenvalue weighted by molar-refractivity contribution is -0.108. The molecule has 0 aromatic rings. The van der Waals surface area contributed by atoms with Crippen molar-refractivity contribution in [3.8, 4) is 0 Å². The van der Waals surface area contributed by atoms with Crippen molar-refractivity contribution in [2.75, 3.05) is 0 Å². The SMILES string of the molecule is CCC(CC=O)C(C)=CCCC(C)C. The molecule has 0 fully saturated rings. The molecule has 0 saturated heterocycles. The molecule has 0 aliphatic heterocycles. The Kier molecular flexibility index (Phi) is 7.45. The summed E-state index contributed by atoms with van der Waals surface area (Å²) in [6.45, 7) is 8.78. The molecule has 1 atom stereocenters. The van der Waals surface area contributed by atoms with E-state index in [-0.39, 0.29) is 0 Å². The molecule has 0 bridgehead atoms. The minimum atomic E-state index is 0.472. The van der Waals surface area contributed by atoms with Crippen molar-refractivity contribution in [1.82, 2.24) is 0 Å². The van der Waals surface area contributed by atoms with E-state index < -0.39 is 0 Å². The molecular formula is C13H24O. The zero-order valence-corrected chi connectivity index (χ0v) is 10.0. The second-order valence-electron chi connectivity index (χ2n) is 4.43. The van der Waals surface area contributed by atoms with Gasteiger partial charge in [-0.1, -0.05) is 32.4 Å². The van der Waals surface area contributed by atoms with Gasteiger partial charge >= 0.3 is 0 Å². The molecule has 0 aliphatic rings. The molecule has 0 radical (unpaired) electrons. The van der Waals surface area contributed by atoms with Gasteiger partial charge in [0.25, 0.3) is 0 Å². The summed E-state index contributed by atoms with van der Waals surface area (Å²) in [5.74, 6) is 1.24. The monoisotopic (exact) mass is 196 g/mol. The lowest BCUT2D eigenvalue weighted by Crippen LogP contribution is -2.01. The summed E-state index contributed by atoms with van der Waals surface area (Å²) in [5, 5.41) is 0. The third-order valence-corrected chi connectivity index (χ3v) is 2.73. The van der Waals surface area contributed by atoms with E-state index in [1.807, 2.05) is 0 Å². The van der Waals surface area contributed by atoms with Crippen LogP contribution in [0.2, 0.25) is 0 Å². The third kappa shape index (κ3) is 5.95. The molecule has 1 unspecified atom stereocenters. The number of carbonyl (C=O) groups excluding carboxylic acids is 1. The van der Waals surface area contributed by atoms with E-state index in [9.17, 15) is 4.79 Å². The summed E-state index contributed by atoms with van der Waals surface area (Å²) in [4.78, 5) is 10.4. The van der Waals surface area contributed by atoms with Crippen molar-refractivity contribution in [1.29, 1.82) is 0 Å². The van der Waals surface area contributed by atoms with Crippen molar-refractivity contribution < 1.29 is 4.79 Å². The van der Waals surface area contributed by atoms with Crippen molar-refractivity contribution in [3.05, 3.63) is 11.6 Å². The summed E-state index contributed by atoms with van der Waals surface area (Å²) in [6, 6.07) is 0. The van der Waals surface area contributed by atoms with Crippen molar-refractivity contribution >= 4 is 6.29 Å². The predicted molar refractivity (Wildman–Crippen MR) is 62.3 cm³/mol. The Morgan fingerprint density at radius 2 is 2.00 bits per heavy atom. The first kappa shape index (κ1) is 13.4. The number of allylic oxidation sites excluding steroid dienone is 2. The molecule has 1 nitrogen and oxygen atoms in total. The molecule has 1 heteroatoms. The molecule has 0 aromatic carbocycles. The number of hydrogen-bond acceptors (Lipinski definition) is 1. The zero-order valence-electron chi connectivity index (χ0n) is 10.0. The van der Waals surface area contributed by atoms with E-state index in [4.69, 9.17) is 0 Å². The fourth-order valence-electron chi connectivity index (χ4n) is 1.60. The van der Waals surface area contributed by atoms with Crippen molar-refractivity contribution in [2.24, 2.45) is 11.8 Å². The third-order valence-electron chi connectivity index (χ3n) is 2.73. The number of hydrogen-bond donors (Lipinski definition) is 0. The largest absolute Gasteiger partial charge is 0.303 e. The summed E-state index contributed by atoms with van der Waals surface area (Å²) in [7, 11) is 0. The second kappa shape index (κ2) is 7.78. The van der Waals surface area contributed by atoms with E-state index in [1.165, 1.54) is 12.0 Å². The highest BCUT2D eigenvalue weighted by Gasteiger charge is 2.06. The standard InChI is InChI=1S/C13H24O/c1-5-13(9-10-14)12(4)8-6-7-11(2)3/h8,10-11,13H,5-7,9H2,1-4H3. The summed E-state index contributed by atoms with van der Waals surface area (Å²) < 4.78 is 0. The Bertz CT molecular complexity index is 180. The Balaban J connectivity index is 3.98. The molecular weight excluding hydrogens is 172 g/mol. The van der Waals surface area contributed by atoms with E-state index in [0.29, 0.717) is 12.3 Å². The fourth-order valence-corrected chi connectivity index (χ4v) is 1.60. The molecule has 0 rings (SSSR count). The van der Waals surface area contributed by atoms with Gasteiger partial charge in [0.15, 0.2) is 0 Å². The maximum Gasteiger partial charge on any atom is 0.120 e. The van der Waals surface area contributed by atoms with Gasteiger partial charge in [-0.25, -0.2) is 0 Å². The average molecular weight is 196 g/mol. The highest BCUT2D eigenvalue weighted by molar-refractivity contribution is 5.50. The molecule has 0 N–H and O–H groups in total. The smallest absolute Gasteiger partial charge is 0.120 e. The lowest BCUT2D eigenvalue weighted by Gasteiger charge is -2.12. The van der Waals surface area contributed by atoms with Crippen LogP contribution in [0.1, 0.15) is 53.4 Å². The highest BCUT2D eigenvalue weighted by Crippen LogP contribution is 2.19. The average Bonchev–Trinajstić information content (AvgIpc) is 2.13. The first-order valence-electron chi connectivity index (χ1n) is 5.72. The Morgan fingerprint density at radius 3 is 2.43 bits per heavy atom. The number of aldehydes is 1. The Labute approximate surface area is 88.6 Å². The quantitative estimate of drug-likeness (QED) is 0.444. The van der Waals surface area contributed by atoms with Gasteiger partial charge in [-0.05, 0) is 38.0 Å². The number of rotatable bonds is 7. The summed E-state index contributed by atoms with van der Waals surface area (Å²) >= 11 is 0. The highest BCUT2D eigenvalue weighted by atomic mass is 16.1. The number of carbonyl (C=O) groups is 1. The van der Waals surface area contributed by atoms with Crippen LogP contribution >= 0.6 is 0 Å². The lowest BCUT2D eigenvalue weighted by atomic mass is 9.93. The maximum absolute atomic E-state index is 10.4. The van der Waals surface area contributed by atoms with E-state index in [2.05, 4.69) is 33.8 Å². The van der Waals surface area contributed by atoms with Crippen molar-refractivity contribution in [2.45, 2.75) is 53.4 Å². The van der Waals surface area contributed by atoms with Crippen LogP contribution in [0.5, 0.6) is 0 Å². The van der Waals surface area contributed by atoms with Gasteiger partial charge in [-0.2, -0.15) is 0 Å². The van der Waals surface area contributed by atoms with Crippen LogP contribution in [-0.4, -0.2) is 6.29 Å². The molecule has 0 spiro atoms. The molecule has 0 aliphatic carbocycles. The predicted octanol–water partition coefficient (Wildman–Crippen LogP) is 3.98. The van der Waals surface area contributed by atoms with Gasteiger partial charge in [0.05, 0.1) is 0 Å².